The Labute approximate surface area is 61.7 Å². The molecule has 4 atom stereocenters. The van der Waals surface area contributed by atoms with Crippen molar-refractivity contribution in [3.63, 3.8) is 0 Å². The van der Waals surface area contributed by atoms with Crippen molar-refractivity contribution in [3.8, 4) is 0 Å². The van der Waals surface area contributed by atoms with Crippen molar-refractivity contribution in [1.29, 1.82) is 0 Å². The Morgan fingerprint density at radius 1 is 1.60 bits per heavy atom. The van der Waals surface area contributed by atoms with Gasteiger partial charge in [-0.3, -0.25) is 0 Å². The SMILES string of the molecule is [B]C1CC(O)C2(CO)CC12. The van der Waals surface area contributed by atoms with Crippen molar-refractivity contribution in [2.75, 3.05) is 6.61 Å². The van der Waals surface area contributed by atoms with Crippen LogP contribution in [0.4, 0.5) is 0 Å². The van der Waals surface area contributed by atoms with E-state index in [1.807, 2.05) is 0 Å². The second-order valence-electron chi connectivity index (χ2n) is 3.62. The number of fused-ring (bicyclic) bond motifs is 1. The van der Waals surface area contributed by atoms with E-state index in [0.29, 0.717) is 12.3 Å². The molecule has 2 aliphatic carbocycles. The van der Waals surface area contributed by atoms with E-state index in [2.05, 4.69) is 0 Å². The molecule has 2 radical (unpaired) electrons. The Hall–Kier alpha value is -0.0151. The fraction of sp³-hybridized carbons (Fsp3) is 1.00. The molecule has 0 aromatic carbocycles. The highest BCUT2D eigenvalue weighted by Gasteiger charge is 2.64. The number of aliphatic hydroxyl groups excluding tert-OH is 2. The topological polar surface area (TPSA) is 40.5 Å². The molecule has 2 rings (SSSR count). The van der Waals surface area contributed by atoms with Crippen LogP contribution >= 0.6 is 0 Å². The zero-order valence-corrected chi connectivity index (χ0v) is 5.83. The van der Waals surface area contributed by atoms with Gasteiger partial charge in [0.2, 0.25) is 0 Å². The van der Waals surface area contributed by atoms with E-state index in [1.165, 1.54) is 0 Å². The lowest BCUT2D eigenvalue weighted by Gasteiger charge is -2.14. The Bertz CT molecular complexity index is 158. The summed E-state index contributed by atoms with van der Waals surface area (Å²) in [6.45, 7) is 0.104. The van der Waals surface area contributed by atoms with Gasteiger partial charge in [-0.1, -0.05) is 5.82 Å². The maximum absolute atomic E-state index is 9.42. The second kappa shape index (κ2) is 1.77. The van der Waals surface area contributed by atoms with E-state index >= 15 is 0 Å². The minimum atomic E-state index is -0.350. The van der Waals surface area contributed by atoms with Gasteiger partial charge in [-0.25, -0.2) is 0 Å². The molecular weight excluding hydrogens is 127 g/mol. The largest absolute Gasteiger partial charge is 0.396 e. The minimum absolute atomic E-state index is 0.104. The van der Waals surface area contributed by atoms with Crippen molar-refractivity contribution in [3.05, 3.63) is 0 Å². The molecule has 2 nitrogen and oxygen atoms in total. The van der Waals surface area contributed by atoms with Gasteiger partial charge in [-0.05, 0) is 18.8 Å². The van der Waals surface area contributed by atoms with Crippen LogP contribution in [-0.2, 0) is 0 Å². The van der Waals surface area contributed by atoms with Gasteiger partial charge in [0, 0.05) is 5.41 Å². The lowest BCUT2D eigenvalue weighted by atomic mass is 9.83. The third-order valence-corrected chi connectivity index (χ3v) is 3.15. The number of hydrogen-bond donors (Lipinski definition) is 2. The number of rotatable bonds is 1. The van der Waals surface area contributed by atoms with Crippen molar-refractivity contribution in [1.82, 2.24) is 0 Å². The Morgan fingerprint density at radius 3 is 2.50 bits per heavy atom. The molecule has 0 spiro atoms. The highest BCUT2D eigenvalue weighted by atomic mass is 16.3. The van der Waals surface area contributed by atoms with Crippen LogP contribution in [0.3, 0.4) is 0 Å². The Balaban J connectivity index is 2.16. The van der Waals surface area contributed by atoms with Crippen LogP contribution in [0.5, 0.6) is 0 Å². The lowest BCUT2D eigenvalue weighted by Crippen LogP contribution is -2.22. The van der Waals surface area contributed by atoms with Crippen LogP contribution < -0.4 is 0 Å². The first-order valence-electron chi connectivity index (χ1n) is 3.75. The molecule has 0 bridgehead atoms. The van der Waals surface area contributed by atoms with E-state index in [-0.39, 0.29) is 23.9 Å². The molecule has 4 unspecified atom stereocenters. The Kier molecular flexibility index (Phi) is 1.18. The summed E-state index contributed by atoms with van der Waals surface area (Å²) < 4.78 is 0. The highest BCUT2D eigenvalue weighted by Crippen LogP contribution is 2.67. The standard InChI is InChI=1S/C7H11BO2/c8-5-1-6(10)7(3-9)2-4(5)7/h4-6,9-10H,1-3H2. The number of aliphatic hydroxyl groups is 2. The molecule has 10 heavy (non-hydrogen) atoms. The summed E-state index contributed by atoms with van der Waals surface area (Å²) in [6.07, 6.45) is 1.24. The van der Waals surface area contributed by atoms with E-state index < -0.39 is 0 Å². The molecule has 0 saturated heterocycles. The average molecular weight is 138 g/mol. The fourth-order valence-corrected chi connectivity index (χ4v) is 2.26. The zero-order valence-electron chi connectivity index (χ0n) is 5.83. The van der Waals surface area contributed by atoms with Crippen LogP contribution in [0.25, 0.3) is 0 Å². The lowest BCUT2D eigenvalue weighted by molar-refractivity contribution is 0.0612. The predicted octanol–water partition coefficient (Wildman–Crippen LogP) is -0.293. The minimum Gasteiger partial charge on any atom is -0.396 e. The van der Waals surface area contributed by atoms with Crippen molar-refractivity contribution in [2.24, 2.45) is 11.3 Å². The van der Waals surface area contributed by atoms with Gasteiger partial charge >= 0.3 is 0 Å². The van der Waals surface area contributed by atoms with Gasteiger partial charge in [0.15, 0.2) is 0 Å². The fourth-order valence-electron chi connectivity index (χ4n) is 2.26. The summed E-state index contributed by atoms with van der Waals surface area (Å²) in [5.74, 6) is 0.523. The first-order chi connectivity index (χ1) is 4.70. The predicted molar refractivity (Wildman–Crippen MR) is 37.8 cm³/mol. The quantitative estimate of drug-likeness (QED) is 0.488. The van der Waals surface area contributed by atoms with Crippen molar-refractivity contribution in [2.45, 2.75) is 24.8 Å². The van der Waals surface area contributed by atoms with Gasteiger partial charge in [0.1, 0.15) is 0 Å². The molecule has 0 aliphatic heterocycles. The van der Waals surface area contributed by atoms with E-state index in [0.717, 1.165) is 6.42 Å². The Morgan fingerprint density at radius 2 is 2.30 bits per heavy atom. The molecular formula is C7H11BO2. The molecule has 2 fully saturated rings. The van der Waals surface area contributed by atoms with Crippen LogP contribution in [-0.4, -0.2) is 30.8 Å². The third-order valence-electron chi connectivity index (χ3n) is 3.15. The first kappa shape index (κ1) is 6.68. The normalized spacial score (nSPS) is 58.4. The molecule has 0 heterocycles. The third kappa shape index (κ3) is 0.577. The summed E-state index contributed by atoms with van der Waals surface area (Å²) in [5.41, 5.74) is -0.181. The van der Waals surface area contributed by atoms with Crippen molar-refractivity contribution >= 4 is 7.85 Å². The molecule has 0 aromatic heterocycles. The van der Waals surface area contributed by atoms with E-state index in [9.17, 15) is 5.11 Å². The summed E-state index contributed by atoms with van der Waals surface area (Å²) in [5, 5.41) is 18.4. The first-order valence-corrected chi connectivity index (χ1v) is 3.75. The van der Waals surface area contributed by atoms with Crippen LogP contribution in [0.15, 0.2) is 0 Å². The zero-order chi connectivity index (χ0) is 7.35. The van der Waals surface area contributed by atoms with E-state index in [4.69, 9.17) is 13.0 Å². The summed E-state index contributed by atoms with van der Waals surface area (Å²) in [6, 6.07) is 0. The summed E-state index contributed by atoms with van der Waals surface area (Å²) in [7, 11) is 5.70. The van der Waals surface area contributed by atoms with Gasteiger partial charge in [0.05, 0.1) is 20.6 Å². The van der Waals surface area contributed by atoms with Gasteiger partial charge < -0.3 is 10.2 Å². The van der Waals surface area contributed by atoms with Crippen LogP contribution in [0, 0.1) is 11.3 Å². The second-order valence-corrected chi connectivity index (χ2v) is 3.62. The maximum Gasteiger partial charge on any atom is 0.0704 e. The number of hydrogen-bond acceptors (Lipinski definition) is 2. The molecule has 3 heteroatoms. The van der Waals surface area contributed by atoms with Gasteiger partial charge in [0.25, 0.3) is 0 Å². The molecule has 0 amide bonds. The maximum atomic E-state index is 9.42. The highest BCUT2D eigenvalue weighted by molar-refractivity contribution is 6.12. The molecule has 2 saturated carbocycles. The van der Waals surface area contributed by atoms with Crippen LogP contribution in [0.2, 0.25) is 5.82 Å². The monoisotopic (exact) mass is 138 g/mol. The average Bonchev–Trinajstić information content (AvgIpc) is 2.57. The smallest absolute Gasteiger partial charge is 0.0704 e. The van der Waals surface area contributed by atoms with Gasteiger partial charge in [-0.2, -0.15) is 0 Å². The van der Waals surface area contributed by atoms with Crippen LogP contribution in [0.1, 0.15) is 12.8 Å². The molecule has 2 aliphatic rings. The molecule has 2 N–H and O–H groups in total. The van der Waals surface area contributed by atoms with Gasteiger partial charge in [-0.15, -0.1) is 0 Å². The molecule has 0 aromatic rings. The molecule has 54 valence electrons. The van der Waals surface area contributed by atoms with E-state index in [1.54, 1.807) is 0 Å². The summed E-state index contributed by atoms with van der Waals surface area (Å²) >= 11 is 0. The summed E-state index contributed by atoms with van der Waals surface area (Å²) in [4.78, 5) is 0. The van der Waals surface area contributed by atoms with Crippen molar-refractivity contribution < 1.29 is 10.2 Å².